The minimum atomic E-state index is -0.250. The van der Waals surface area contributed by atoms with E-state index in [0.717, 1.165) is 31.6 Å². The monoisotopic (exact) mass is 254 g/mol. The van der Waals surface area contributed by atoms with E-state index in [2.05, 4.69) is 15.6 Å². The standard InChI is InChI=1S/C12H22N4O2/c1-12(2,11(13)16-17)6-3-4-7-14-9-10-5-8-15-18-10/h5,8,14,17H,3-4,6-7,9H2,1-2H3,(H2,13,16). The molecule has 0 bridgehead atoms. The fourth-order valence-corrected chi connectivity index (χ4v) is 1.63. The molecule has 6 heteroatoms. The molecule has 0 aliphatic carbocycles. The number of unbranched alkanes of at least 4 members (excludes halogenated alkanes) is 1. The molecular weight excluding hydrogens is 232 g/mol. The lowest BCUT2D eigenvalue weighted by Gasteiger charge is -2.22. The smallest absolute Gasteiger partial charge is 0.150 e. The SMILES string of the molecule is CC(C)(CCCCNCc1ccno1)C(N)=NO. The maximum atomic E-state index is 8.65. The Morgan fingerprint density at radius 3 is 2.94 bits per heavy atom. The minimum Gasteiger partial charge on any atom is -0.409 e. The quantitative estimate of drug-likeness (QED) is 0.216. The Labute approximate surface area is 107 Å². The Morgan fingerprint density at radius 1 is 1.56 bits per heavy atom. The van der Waals surface area contributed by atoms with E-state index in [1.807, 2.05) is 19.9 Å². The van der Waals surface area contributed by atoms with E-state index in [1.54, 1.807) is 6.20 Å². The molecule has 102 valence electrons. The number of rotatable bonds is 8. The summed E-state index contributed by atoms with van der Waals surface area (Å²) in [6, 6.07) is 1.84. The van der Waals surface area contributed by atoms with Crippen molar-refractivity contribution in [3.05, 3.63) is 18.0 Å². The molecule has 1 aromatic heterocycles. The van der Waals surface area contributed by atoms with Crippen LogP contribution in [0.2, 0.25) is 0 Å². The number of hydrogen-bond donors (Lipinski definition) is 3. The van der Waals surface area contributed by atoms with Crippen molar-refractivity contribution in [3.8, 4) is 0 Å². The normalized spacial score (nSPS) is 12.9. The van der Waals surface area contributed by atoms with Crippen LogP contribution in [0, 0.1) is 5.41 Å². The summed E-state index contributed by atoms with van der Waals surface area (Å²) < 4.78 is 4.97. The first-order chi connectivity index (χ1) is 8.56. The largest absolute Gasteiger partial charge is 0.409 e. The van der Waals surface area contributed by atoms with Gasteiger partial charge in [-0.05, 0) is 19.4 Å². The van der Waals surface area contributed by atoms with Crippen molar-refractivity contribution in [1.82, 2.24) is 10.5 Å². The molecular formula is C12H22N4O2. The van der Waals surface area contributed by atoms with E-state index in [1.165, 1.54) is 0 Å². The molecule has 0 aliphatic rings. The Bertz CT molecular complexity index is 360. The highest BCUT2D eigenvalue weighted by Crippen LogP contribution is 2.23. The highest BCUT2D eigenvalue weighted by atomic mass is 16.5. The molecule has 1 heterocycles. The van der Waals surface area contributed by atoms with Crippen LogP contribution < -0.4 is 11.1 Å². The van der Waals surface area contributed by atoms with Crippen molar-refractivity contribution in [2.45, 2.75) is 39.7 Å². The topological polar surface area (TPSA) is 96.7 Å². The first kappa shape index (κ1) is 14.5. The summed E-state index contributed by atoms with van der Waals surface area (Å²) in [7, 11) is 0. The molecule has 0 saturated heterocycles. The van der Waals surface area contributed by atoms with Crippen molar-refractivity contribution in [2.75, 3.05) is 6.54 Å². The summed E-state index contributed by atoms with van der Waals surface area (Å²) in [5.41, 5.74) is 5.37. The average molecular weight is 254 g/mol. The summed E-state index contributed by atoms with van der Waals surface area (Å²) in [4.78, 5) is 0. The van der Waals surface area contributed by atoms with Crippen molar-refractivity contribution in [1.29, 1.82) is 0 Å². The summed E-state index contributed by atoms with van der Waals surface area (Å²) >= 11 is 0. The Balaban J connectivity index is 2.08. The van der Waals surface area contributed by atoms with E-state index in [4.69, 9.17) is 15.5 Å². The van der Waals surface area contributed by atoms with Gasteiger partial charge < -0.3 is 20.8 Å². The van der Waals surface area contributed by atoms with E-state index < -0.39 is 0 Å². The third-order valence-corrected chi connectivity index (χ3v) is 3.00. The number of nitrogens with one attached hydrogen (secondary N) is 1. The van der Waals surface area contributed by atoms with Gasteiger partial charge in [0.05, 0.1) is 12.7 Å². The van der Waals surface area contributed by atoms with Gasteiger partial charge in [0.15, 0.2) is 0 Å². The molecule has 0 radical (unpaired) electrons. The molecule has 0 saturated carbocycles. The zero-order valence-corrected chi connectivity index (χ0v) is 11.0. The Kier molecular flexibility index (Phi) is 5.64. The van der Waals surface area contributed by atoms with Crippen LogP contribution in [0.25, 0.3) is 0 Å². The zero-order chi connectivity index (χ0) is 13.4. The van der Waals surface area contributed by atoms with Crippen LogP contribution in [0.4, 0.5) is 0 Å². The van der Waals surface area contributed by atoms with Gasteiger partial charge in [0.1, 0.15) is 11.6 Å². The molecule has 0 aromatic carbocycles. The third kappa shape index (κ3) is 4.75. The predicted molar refractivity (Wildman–Crippen MR) is 69.3 cm³/mol. The summed E-state index contributed by atoms with van der Waals surface area (Å²) in [6.07, 6.45) is 4.59. The Morgan fingerprint density at radius 2 is 2.33 bits per heavy atom. The van der Waals surface area contributed by atoms with Crippen LogP contribution in [0.1, 0.15) is 38.9 Å². The first-order valence-corrected chi connectivity index (χ1v) is 6.14. The van der Waals surface area contributed by atoms with Crippen LogP contribution in [0.15, 0.2) is 21.9 Å². The summed E-state index contributed by atoms with van der Waals surface area (Å²) in [6.45, 7) is 5.56. The van der Waals surface area contributed by atoms with Crippen molar-refractivity contribution >= 4 is 5.84 Å². The molecule has 0 fully saturated rings. The second-order valence-corrected chi connectivity index (χ2v) is 4.98. The van der Waals surface area contributed by atoms with Crippen LogP contribution in [0.3, 0.4) is 0 Å². The number of aromatic nitrogens is 1. The fourth-order valence-electron chi connectivity index (χ4n) is 1.63. The molecule has 18 heavy (non-hydrogen) atoms. The van der Waals surface area contributed by atoms with Gasteiger partial charge >= 0.3 is 0 Å². The number of oxime groups is 1. The molecule has 4 N–H and O–H groups in total. The molecule has 0 atom stereocenters. The average Bonchev–Trinajstić information content (AvgIpc) is 2.85. The van der Waals surface area contributed by atoms with Crippen molar-refractivity contribution in [3.63, 3.8) is 0 Å². The first-order valence-electron chi connectivity index (χ1n) is 6.14. The predicted octanol–water partition coefficient (Wildman–Crippen LogP) is 1.71. The highest BCUT2D eigenvalue weighted by Gasteiger charge is 2.22. The number of nitrogens with two attached hydrogens (primary N) is 1. The third-order valence-electron chi connectivity index (χ3n) is 3.00. The lowest BCUT2D eigenvalue weighted by atomic mass is 9.86. The Hall–Kier alpha value is -1.56. The molecule has 0 aliphatic heterocycles. The summed E-state index contributed by atoms with van der Waals surface area (Å²) in [5, 5.41) is 18.6. The van der Waals surface area contributed by atoms with Crippen LogP contribution in [-0.4, -0.2) is 22.7 Å². The second kappa shape index (κ2) is 7.00. The lowest BCUT2D eigenvalue weighted by Crippen LogP contribution is -2.32. The maximum Gasteiger partial charge on any atom is 0.150 e. The molecule has 0 amide bonds. The van der Waals surface area contributed by atoms with Gasteiger partial charge in [0.2, 0.25) is 0 Å². The fraction of sp³-hybridized carbons (Fsp3) is 0.667. The van der Waals surface area contributed by atoms with Crippen molar-refractivity contribution < 1.29 is 9.73 Å². The van der Waals surface area contributed by atoms with E-state index in [9.17, 15) is 0 Å². The van der Waals surface area contributed by atoms with Gasteiger partial charge in [0.25, 0.3) is 0 Å². The van der Waals surface area contributed by atoms with E-state index in [0.29, 0.717) is 6.54 Å². The second-order valence-electron chi connectivity index (χ2n) is 4.98. The van der Waals surface area contributed by atoms with Gasteiger partial charge in [-0.2, -0.15) is 0 Å². The molecule has 1 aromatic rings. The molecule has 1 rings (SSSR count). The molecule has 0 unspecified atom stereocenters. The van der Waals surface area contributed by atoms with Gasteiger partial charge in [0, 0.05) is 11.5 Å². The molecule has 6 nitrogen and oxygen atoms in total. The summed E-state index contributed by atoms with van der Waals surface area (Å²) in [5.74, 6) is 1.13. The van der Waals surface area contributed by atoms with Crippen molar-refractivity contribution in [2.24, 2.45) is 16.3 Å². The highest BCUT2D eigenvalue weighted by molar-refractivity contribution is 5.85. The van der Waals surface area contributed by atoms with Gasteiger partial charge in [-0.15, -0.1) is 0 Å². The van der Waals surface area contributed by atoms with Gasteiger partial charge in [-0.1, -0.05) is 30.6 Å². The number of nitrogens with zero attached hydrogens (tertiary/aromatic N) is 2. The van der Waals surface area contributed by atoms with E-state index >= 15 is 0 Å². The molecule has 0 spiro atoms. The van der Waals surface area contributed by atoms with Crippen LogP contribution in [-0.2, 0) is 6.54 Å². The van der Waals surface area contributed by atoms with Gasteiger partial charge in [-0.25, -0.2) is 0 Å². The minimum absolute atomic E-state index is 0.250. The number of hydrogen-bond acceptors (Lipinski definition) is 5. The van der Waals surface area contributed by atoms with E-state index in [-0.39, 0.29) is 11.3 Å². The lowest BCUT2D eigenvalue weighted by molar-refractivity contribution is 0.304. The van der Waals surface area contributed by atoms with Crippen LogP contribution >= 0.6 is 0 Å². The maximum absolute atomic E-state index is 8.65. The van der Waals surface area contributed by atoms with Crippen LogP contribution in [0.5, 0.6) is 0 Å². The zero-order valence-electron chi connectivity index (χ0n) is 11.0. The van der Waals surface area contributed by atoms with Gasteiger partial charge in [-0.3, -0.25) is 0 Å². The number of amidine groups is 1.